The minimum atomic E-state index is -0.651. The van der Waals surface area contributed by atoms with Gasteiger partial charge in [0.25, 0.3) is 0 Å². The Bertz CT molecular complexity index is 597. The molecule has 0 aliphatic carbocycles. The third-order valence-corrected chi connectivity index (χ3v) is 4.46. The minimum absolute atomic E-state index is 0.0171. The average Bonchev–Trinajstić information content (AvgIpc) is 2.98. The molecule has 1 aromatic rings. The lowest BCUT2D eigenvalue weighted by Gasteiger charge is -2.23. The Morgan fingerprint density at radius 1 is 1.25 bits per heavy atom. The predicted molar refractivity (Wildman–Crippen MR) is 88.5 cm³/mol. The van der Waals surface area contributed by atoms with Crippen LogP contribution < -0.4 is 0 Å². The molecule has 132 valence electrons. The van der Waals surface area contributed by atoms with Crippen LogP contribution in [0.5, 0.6) is 0 Å². The van der Waals surface area contributed by atoms with Crippen molar-refractivity contribution in [1.82, 2.24) is 0 Å². The summed E-state index contributed by atoms with van der Waals surface area (Å²) in [5, 5.41) is 12.0. The molecule has 2 heterocycles. The number of fused-ring (bicyclic) bond motifs is 1. The highest BCUT2D eigenvalue weighted by Gasteiger charge is 2.55. The summed E-state index contributed by atoms with van der Waals surface area (Å²) in [6, 6.07) is 9.86. The first-order valence-corrected chi connectivity index (χ1v) is 8.27. The number of rotatable bonds is 5. The maximum Gasteiger partial charge on any atom is 0.218 e. The fourth-order valence-electron chi connectivity index (χ4n) is 3.24. The van der Waals surface area contributed by atoms with E-state index >= 15 is 0 Å². The lowest BCUT2D eigenvalue weighted by Crippen LogP contribution is -2.38. The molecular formula is C18H25NO5. The second-order valence-electron chi connectivity index (χ2n) is 6.85. The van der Waals surface area contributed by atoms with Crippen molar-refractivity contribution in [1.29, 1.82) is 0 Å². The van der Waals surface area contributed by atoms with Crippen molar-refractivity contribution >= 4 is 5.71 Å². The second-order valence-corrected chi connectivity index (χ2v) is 6.85. The zero-order valence-corrected chi connectivity index (χ0v) is 14.6. The predicted octanol–water partition coefficient (Wildman–Crippen LogP) is 2.30. The van der Waals surface area contributed by atoms with Crippen LogP contribution in [-0.4, -0.2) is 48.4 Å². The summed E-state index contributed by atoms with van der Waals surface area (Å²) in [6.07, 6.45) is -0.979. The van der Waals surface area contributed by atoms with E-state index in [9.17, 15) is 5.21 Å². The van der Waals surface area contributed by atoms with Crippen molar-refractivity contribution in [3.63, 3.8) is 0 Å². The normalized spacial score (nSPS) is 32.5. The summed E-state index contributed by atoms with van der Waals surface area (Å²) in [5.74, 6) is -0.634. The second kappa shape index (κ2) is 6.80. The van der Waals surface area contributed by atoms with Gasteiger partial charge in [0.2, 0.25) is 5.71 Å². The molecule has 2 saturated heterocycles. The van der Waals surface area contributed by atoms with Gasteiger partial charge >= 0.3 is 0 Å². The van der Waals surface area contributed by atoms with Gasteiger partial charge in [-0.25, -0.2) is 4.74 Å². The van der Waals surface area contributed by atoms with E-state index < -0.39 is 12.1 Å². The Balaban J connectivity index is 1.62. The number of nitrogens with zero attached hydrogens (tertiary/aromatic N) is 1. The number of benzene rings is 1. The first kappa shape index (κ1) is 17.4. The molecule has 0 saturated carbocycles. The molecule has 0 aromatic heterocycles. The maximum atomic E-state index is 12.0. The summed E-state index contributed by atoms with van der Waals surface area (Å²) >= 11 is 0. The summed E-state index contributed by atoms with van der Waals surface area (Å²) in [4.78, 5) is 0. The molecule has 0 N–H and O–H groups in total. The van der Waals surface area contributed by atoms with Gasteiger partial charge in [-0.2, -0.15) is 0 Å². The largest absolute Gasteiger partial charge is 0.624 e. The van der Waals surface area contributed by atoms with Gasteiger partial charge in [-0.3, -0.25) is 0 Å². The van der Waals surface area contributed by atoms with Gasteiger partial charge in [-0.15, -0.1) is 0 Å². The number of hydrogen-bond acceptors (Lipinski definition) is 5. The van der Waals surface area contributed by atoms with Gasteiger partial charge in [0.15, 0.2) is 12.1 Å². The van der Waals surface area contributed by atoms with E-state index in [2.05, 4.69) is 0 Å². The molecule has 0 bridgehead atoms. The van der Waals surface area contributed by atoms with Crippen molar-refractivity contribution in [2.45, 2.75) is 51.7 Å². The SMILES string of the molecule is C[C@H]1[C@H]2OC(C)(C)O[C@H]2O[C@@H]1/C(COCc1ccccc1)=[N+](/C)[O-]. The third-order valence-electron chi connectivity index (χ3n) is 4.46. The Hall–Kier alpha value is -1.47. The third kappa shape index (κ3) is 3.62. The van der Waals surface area contributed by atoms with E-state index in [-0.39, 0.29) is 24.7 Å². The van der Waals surface area contributed by atoms with Crippen LogP contribution in [0.2, 0.25) is 0 Å². The van der Waals surface area contributed by atoms with E-state index in [1.54, 1.807) is 0 Å². The first-order chi connectivity index (χ1) is 11.4. The molecule has 2 fully saturated rings. The highest BCUT2D eigenvalue weighted by atomic mass is 16.8. The van der Waals surface area contributed by atoms with Crippen molar-refractivity contribution in [2.75, 3.05) is 13.7 Å². The van der Waals surface area contributed by atoms with Crippen LogP contribution in [-0.2, 0) is 25.6 Å². The number of ether oxygens (including phenoxy) is 4. The summed E-state index contributed by atoms with van der Waals surface area (Å²) in [6.45, 7) is 6.41. The smallest absolute Gasteiger partial charge is 0.218 e. The van der Waals surface area contributed by atoms with Crippen LogP contribution in [0.1, 0.15) is 26.3 Å². The van der Waals surface area contributed by atoms with Gasteiger partial charge in [-0.1, -0.05) is 37.3 Å². The van der Waals surface area contributed by atoms with E-state index in [0.29, 0.717) is 12.3 Å². The summed E-state index contributed by atoms with van der Waals surface area (Å²) < 4.78 is 24.2. The first-order valence-electron chi connectivity index (χ1n) is 8.27. The maximum absolute atomic E-state index is 12.0. The molecule has 2 aliphatic rings. The molecule has 24 heavy (non-hydrogen) atoms. The average molecular weight is 335 g/mol. The van der Waals surface area contributed by atoms with E-state index in [1.807, 2.05) is 51.1 Å². The Kier molecular flexibility index (Phi) is 4.92. The number of hydrogen-bond donors (Lipinski definition) is 0. The topological polar surface area (TPSA) is 63.0 Å². The van der Waals surface area contributed by atoms with Gasteiger partial charge in [0.05, 0.1) is 6.61 Å². The van der Waals surface area contributed by atoms with Gasteiger partial charge in [0, 0.05) is 5.92 Å². The molecular weight excluding hydrogens is 310 g/mol. The van der Waals surface area contributed by atoms with Gasteiger partial charge in [0.1, 0.15) is 25.9 Å². The molecule has 6 nitrogen and oxygen atoms in total. The van der Waals surface area contributed by atoms with E-state index in [1.165, 1.54) is 7.05 Å². The number of hydroxylamine groups is 1. The summed E-state index contributed by atoms with van der Waals surface area (Å²) in [5.41, 5.74) is 1.62. The van der Waals surface area contributed by atoms with E-state index in [0.717, 1.165) is 10.3 Å². The quantitative estimate of drug-likeness (QED) is 0.358. The molecule has 0 amide bonds. The van der Waals surface area contributed by atoms with Crippen molar-refractivity contribution < 1.29 is 23.7 Å². The van der Waals surface area contributed by atoms with Gasteiger partial charge < -0.3 is 24.2 Å². The molecule has 1 aromatic carbocycles. The lowest BCUT2D eigenvalue weighted by molar-refractivity contribution is -0.429. The fraction of sp³-hybridized carbons (Fsp3) is 0.611. The van der Waals surface area contributed by atoms with E-state index in [4.69, 9.17) is 18.9 Å². The van der Waals surface area contributed by atoms with Crippen LogP contribution in [0.3, 0.4) is 0 Å². The molecule has 0 radical (unpaired) electrons. The molecule has 3 rings (SSSR count). The fourth-order valence-corrected chi connectivity index (χ4v) is 3.24. The standard InChI is InChI=1S/C18H25NO5/c1-12-15(22-17-16(12)23-18(2,3)24-17)14(19(4)20)11-21-10-13-8-6-5-7-9-13/h5-9,12,15-17H,10-11H2,1-4H3/b19-14-/t12-,15+,16-,17-/m1/s1. The van der Waals surface area contributed by atoms with Crippen LogP contribution in [0.25, 0.3) is 0 Å². The molecule has 6 heteroatoms. The molecule has 0 spiro atoms. The zero-order chi connectivity index (χ0) is 17.3. The van der Waals surface area contributed by atoms with Crippen molar-refractivity contribution in [2.24, 2.45) is 5.92 Å². The zero-order valence-electron chi connectivity index (χ0n) is 14.6. The van der Waals surface area contributed by atoms with Crippen LogP contribution in [0, 0.1) is 11.1 Å². The Labute approximate surface area is 142 Å². The van der Waals surface area contributed by atoms with Crippen LogP contribution in [0.4, 0.5) is 0 Å². The molecule has 2 aliphatic heterocycles. The summed E-state index contributed by atoms with van der Waals surface area (Å²) in [7, 11) is 1.47. The highest BCUT2D eigenvalue weighted by molar-refractivity contribution is 5.86. The van der Waals surface area contributed by atoms with Gasteiger partial charge in [-0.05, 0) is 19.4 Å². The molecule has 0 unspecified atom stereocenters. The Morgan fingerprint density at radius 3 is 2.58 bits per heavy atom. The lowest BCUT2D eigenvalue weighted by atomic mass is 9.97. The van der Waals surface area contributed by atoms with Crippen molar-refractivity contribution in [3.8, 4) is 0 Å². The van der Waals surface area contributed by atoms with Crippen LogP contribution >= 0.6 is 0 Å². The van der Waals surface area contributed by atoms with Crippen molar-refractivity contribution in [3.05, 3.63) is 41.1 Å². The molecule has 4 atom stereocenters. The monoisotopic (exact) mass is 335 g/mol. The highest BCUT2D eigenvalue weighted by Crippen LogP contribution is 2.40. The van der Waals surface area contributed by atoms with Crippen LogP contribution in [0.15, 0.2) is 30.3 Å². The Morgan fingerprint density at radius 2 is 1.96 bits per heavy atom. The minimum Gasteiger partial charge on any atom is -0.624 e.